The Morgan fingerprint density at radius 1 is 0.257 bits per heavy atom. The molecule has 0 aromatic heterocycles. The molecular formula is C82H72MoN6O8P4-6. The van der Waals surface area contributed by atoms with E-state index in [9.17, 15) is 0 Å². The van der Waals surface area contributed by atoms with Crippen molar-refractivity contribution in [1.29, 1.82) is 21.0 Å². The molecule has 0 aliphatic heterocycles. The van der Waals surface area contributed by atoms with E-state index in [1.165, 1.54) is 91.3 Å². The molecule has 0 fully saturated rings. The number of rotatable bonds is 14. The van der Waals surface area contributed by atoms with Crippen molar-refractivity contribution in [2.45, 2.75) is 27.7 Å². The van der Waals surface area contributed by atoms with Gasteiger partial charge < -0.3 is 41.0 Å². The first-order chi connectivity index (χ1) is 47.8. The van der Waals surface area contributed by atoms with Gasteiger partial charge in [-0.3, -0.25) is 0 Å². The summed E-state index contributed by atoms with van der Waals surface area (Å²) in [5.74, 6) is 0. The Morgan fingerprint density at radius 2 is 0.347 bits per heavy atom. The topological polar surface area (TPSA) is 303 Å². The smallest absolute Gasteiger partial charge is 0.228 e. The zero-order valence-electron chi connectivity index (χ0n) is 55.8. The fourth-order valence-electron chi connectivity index (χ4n) is 10.5. The summed E-state index contributed by atoms with van der Waals surface area (Å²) in [6.45, 7) is 5.72. The Morgan fingerprint density at radius 3 is 0.446 bits per heavy atom. The summed E-state index contributed by atoms with van der Waals surface area (Å²) in [5, 5.41) is 77.7. The van der Waals surface area contributed by atoms with Gasteiger partial charge in [0.05, 0.1) is 24.3 Å². The second kappa shape index (κ2) is 47.1. The van der Waals surface area contributed by atoms with Gasteiger partial charge in [-0.25, -0.2) is 0 Å². The van der Waals surface area contributed by atoms with Gasteiger partial charge in [0, 0.05) is 80.6 Å². The first-order valence-corrected chi connectivity index (χ1v) is 37.5. The Balaban J connectivity index is 0.000000531. The number of hydrogen-bond donors (Lipinski definition) is 0. The van der Waals surface area contributed by atoms with E-state index >= 15 is 0 Å². The quantitative estimate of drug-likeness (QED) is 0.0732. The van der Waals surface area contributed by atoms with E-state index in [1.807, 2.05) is 0 Å². The van der Waals surface area contributed by atoms with Crippen molar-refractivity contribution in [3.63, 3.8) is 0 Å². The van der Waals surface area contributed by atoms with Crippen LogP contribution in [0.3, 0.4) is 0 Å². The average molecular weight is 1490 g/mol. The van der Waals surface area contributed by atoms with Crippen molar-refractivity contribution in [2.24, 2.45) is 9.03 Å². The van der Waals surface area contributed by atoms with E-state index in [2.05, 4.69) is 364 Å². The largest absolute Gasteiger partial charge is 2.00 e. The number of nitriles is 4. The number of benzene rings is 12. The number of hydrogen-bond acceptors (Lipinski definition) is 12. The first-order valence-electron chi connectivity index (χ1n) is 30.5. The van der Waals surface area contributed by atoms with Crippen LogP contribution in [0.1, 0.15) is 27.7 Å². The van der Waals surface area contributed by atoms with Gasteiger partial charge in [0.15, 0.2) is 0 Å². The van der Waals surface area contributed by atoms with Crippen molar-refractivity contribution in [1.82, 2.24) is 0 Å². The van der Waals surface area contributed by atoms with Gasteiger partial charge in [0.1, 0.15) is 45.9 Å². The molecule has 0 saturated heterocycles. The monoisotopic (exact) mass is 1490 g/mol. The van der Waals surface area contributed by atoms with Gasteiger partial charge in [-0.15, -0.1) is 9.03 Å². The molecule has 0 bridgehead atoms. The van der Waals surface area contributed by atoms with Gasteiger partial charge in [0.2, 0.25) is 14.8 Å². The van der Waals surface area contributed by atoms with Crippen LogP contribution >= 0.6 is 28.9 Å². The standard InChI is InChI=1S/2C36H30NP2.4C2H3N.2CH2O3.Mo.2O/c2*1-7-19-31(20-8-1)38(32-21-9-2-10-22-32,33-23-11-3-12-24-33)37-39(34-25-13-4-14-26-34,35-27-15-5-16-28-35)36-29-17-6-18-30-36;4*1-2-3;2*2-1(3)4;;;/h2*1-30H;4*1H3;2*(H2,2,3,4);;;/q2*+1;;;;;;;;2*-2/p-4. The Hall–Kier alpha value is -10.9. The molecule has 0 spiro atoms. The summed E-state index contributed by atoms with van der Waals surface area (Å²) in [6, 6.07) is 138. The van der Waals surface area contributed by atoms with Crippen LogP contribution in [0.2, 0.25) is 0 Å². The van der Waals surface area contributed by atoms with Crippen LogP contribution in [0.4, 0.5) is 9.59 Å². The van der Waals surface area contributed by atoms with Gasteiger partial charge >= 0.3 is 0 Å². The van der Waals surface area contributed by atoms with Crippen molar-refractivity contribution >= 4 is 105 Å². The molecule has 12 aromatic carbocycles. The molecule has 0 atom stereocenters. The van der Waals surface area contributed by atoms with Gasteiger partial charge in [-0.1, -0.05) is 291 Å². The van der Waals surface area contributed by atoms with Crippen molar-refractivity contribution in [3.8, 4) is 24.3 Å². The molecule has 0 aliphatic rings. The van der Waals surface area contributed by atoms with Crippen LogP contribution in [0.25, 0.3) is 0 Å². The van der Waals surface area contributed by atoms with Gasteiger partial charge in [-0.05, 0) is 85.1 Å². The minimum absolute atomic E-state index is 0. The van der Waals surface area contributed by atoms with Crippen LogP contribution < -0.4 is 84.1 Å². The number of carboxylic acid groups (broad SMARTS) is 4. The SMILES string of the molecule is CC#N.CC#N.CC#N.CC#N.O=C([O-])[O-].O=C([O-])[O-].[Mo].[O-2].[O-2].c1ccc(P(=N[P+](c2ccccc2)(c2ccccc2)c2ccccc2)(c2ccccc2)c2ccccc2)cc1.c1ccc(P(=N[P+](c2ccccc2)(c2ccccc2)c2ccccc2)(c2ccccc2)c2ccccc2)cc1. The zero-order chi connectivity index (χ0) is 70.8. The summed E-state index contributed by atoms with van der Waals surface area (Å²) in [6.07, 6.45) is -4.67. The Kier molecular flexibility index (Phi) is 40.2. The molecule has 0 aliphatic carbocycles. The summed E-state index contributed by atoms with van der Waals surface area (Å²) >= 11 is 0. The number of nitrogens with zero attached hydrogens (tertiary/aromatic N) is 6. The average Bonchev–Trinajstić information content (AvgIpc) is 0.728. The van der Waals surface area contributed by atoms with Crippen molar-refractivity contribution in [2.75, 3.05) is 0 Å². The van der Waals surface area contributed by atoms with Crippen LogP contribution in [0.15, 0.2) is 373 Å². The maximum absolute atomic E-state index is 8.33. The second-order valence-corrected chi connectivity index (χ2v) is 32.9. The van der Waals surface area contributed by atoms with Gasteiger partial charge in [-0.2, -0.15) is 21.0 Å². The fourth-order valence-corrected chi connectivity index (χ4v) is 29.5. The summed E-state index contributed by atoms with van der Waals surface area (Å²) in [5.41, 5.74) is 0. The van der Waals surface area contributed by atoms with Crippen molar-refractivity contribution in [3.05, 3.63) is 364 Å². The fraction of sp³-hybridized carbons (Fsp3) is 0.0488. The van der Waals surface area contributed by atoms with E-state index in [4.69, 9.17) is 60.1 Å². The third kappa shape index (κ3) is 23.6. The maximum Gasteiger partial charge on any atom is 0.228 e. The summed E-state index contributed by atoms with van der Waals surface area (Å²) in [7, 11) is -9.99. The minimum atomic E-state index is -2.50. The van der Waals surface area contributed by atoms with Crippen molar-refractivity contribution < 1.29 is 62.0 Å². The third-order valence-electron chi connectivity index (χ3n) is 14.1. The molecule has 0 amide bonds. The molecular weight excluding hydrogens is 1420 g/mol. The predicted molar refractivity (Wildman–Crippen MR) is 403 cm³/mol. The van der Waals surface area contributed by atoms with E-state index < -0.39 is 41.2 Å². The van der Waals surface area contributed by atoms with E-state index in [1.54, 1.807) is 24.3 Å². The molecule has 0 unspecified atom stereocenters. The molecule has 0 saturated carbocycles. The van der Waals surface area contributed by atoms with Crippen LogP contribution in [-0.2, 0) is 32.0 Å². The molecule has 0 heterocycles. The van der Waals surface area contributed by atoms with Gasteiger partial charge in [0.25, 0.3) is 0 Å². The molecule has 0 radical (unpaired) electrons. The van der Waals surface area contributed by atoms with E-state index in [0.717, 1.165) is 0 Å². The van der Waals surface area contributed by atoms with E-state index in [-0.39, 0.29) is 32.0 Å². The minimum Gasteiger partial charge on any atom is -2.00 e. The Labute approximate surface area is 608 Å². The third-order valence-corrected chi connectivity index (χ3v) is 30.9. The molecule has 0 N–H and O–H groups in total. The first kappa shape index (κ1) is 86.2. The second-order valence-electron chi connectivity index (χ2n) is 20.1. The molecule has 510 valence electrons. The molecule has 12 rings (SSSR count). The zero-order valence-corrected chi connectivity index (χ0v) is 61.4. The molecule has 101 heavy (non-hydrogen) atoms. The number of carbonyl (C=O) groups excluding carboxylic acids is 2. The molecule has 19 heteroatoms. The van der Waals surface area contributed by atoms with Crippen LogP contribution in [-0.4, -0.2) is 12.3 Å². The predicted octanol–water partition coefficient (Wildman–Crippen LogP) is 11.1. The maximum atomic E-state index is 8.33. The van der Waals surface area contributed by atoms with Crippen LogP contribution in [0.5, 0.6) is 0 Å². The molecule has 12 aromatic rings. The molecule has 14 nitrogen and oxygen atoms in total. The summed E-state index contributed by atoms with van der Waals surface area (Å²) in [4.78, 5) is 16.7. The van der Waals surface area contributed by atoms with E-state index in [0.29, 0.717) is 0 Å². The summed E-state index contributed by atoms with van der Waals surface area (Å²) < 4.78 is 12.8. The number of carbonyl (C=O) groups is 2. The Bertz CT molecular complexity index is 3840. The van der Waals surface area contributed by atoms with Crippen LogP contribution in [0, 0.1) is 45.3 Å². The normalized spacial score (nSPS) is 9.74.